The van der Waals surface area contributed by atoms with Gasteiger partial charge in [-0.05, 0) is 13.3 Å². The van der Waals surface area contributed by atoms with E-state index in [0.29, 0.717) is 0 Å². The van der Waals surface area contributed by atoms with Crippen molar-refractivity contribution in [1.29, 1.82) is 0 Å². The molecule has 0 aromatic heterocycles. The summed E-state index contributed by atoms with van der Waals surface area (Å²) in [4.78, 5) is 3.98. The minimum Gasteiger partial charge on any atom is -0.396 e. The van der Waals surface area contributed by atoms with Crippen LogP contribution in [0.3, 0.4) is 0 Å². The number of aliphatic hydroxyl groups is 1. The molecule has 0 rings (SSSR count). The smallest absolute Gasteiger partial charge is 0.0497 e. The Morgan fingerprint density at radius 1 is 1.80 bits per heavy atom. The topological polar surface area (TPSA) is 32.6 Å². The van der Waals surface area contributed by atoms with Crippen molar-refractivity contribution in [3.8, 4) is 0 Å². The summed E-state index contributed by atoms with van der Waals surface area (Å²) in [6.45, 7) is 5.72. The van der Waals surface area contributed by atoms with Crippen molar-refractivity contribution in [1.82, 2.24) is 0 Å². The molecule has 0 aliphatic rings. The van der Waals surface area contributed by atoms with Crippen LogP contribution in [0.1, 0.15) is 13.3 Å². The van der Waals surface area contributed by atoms with E-state index in [1.54, 1.807) is 13.1 Å². The highest BCUT2D eigenvalue weighted by Crippen LogP contribution is 2.03. The first-order chi connectivity index (χ1) is 4.74. The minimum atomic E-state index is 0.163. The molecular formula is C8H15NO. The molecule has 0 saturated carbocycles. The maximum Gasteiger partial charge on any atom is 0.0497 e. The average Bonchev–Trinajstić information content (AvgIpc) is 1.99. The third-order valence-corrected chi connectivity index (χ3v) is 1.51. The van der Waals surface area contributed by atoms with Crippen LogP contribution in [0.15, 0.2) is 17.6 Å². The first-order valence-corrected chi connectivity index (χ1v) is 3.40. The van der Waals surface area contributed by atoms with Gasteiger partial charge in [0.05, 0.1) is 0 Å². The van der Waals surface area contributed by atoms with Crippen molar-refractivity contribution in [3.63, 3.8) is 0 Å². The lowest BCUT2D eigenvalue weighted by atomic mass is 10.0. The number of aliphatic hydroxyl groups excluding tert-OH is 1. The molecule has 0 radical (unpaired) electrons. The molecule has 0 heterocycles. The summed E-state index contributed by atoms with van der Waals surface area (Å²) in [7, 11) is 1.76. The maximum atomic E-state index is 8.74. The van der Waals surface area contributed by atoms with Gasteiger partial charge in [-0.1, -0.05) is 6.08 Å². The minimum absolute atomic E-state index is 0.163. The van der Waals surface area contributed by atoms with Gasteiger partial charge in [0.1, 0.15) is 0 Å². The average molecular weight is 141 g/mol. The number of aliphatic imine (C=N–C) groups is 1. The molecule has 0 aliphatic carbocycles. The van der Waals surface area contributed by atoms with Crippen LogP contribution in [0.2, 0.25) is 0 Å². The summed E-state index contributed by atoms with van der Waals surface area (Å²) in [6.07, 6.45) is 2.57. The summed E-state index contributed by atoms with van der Waals surface area (Å²) in [5.41, 5.74) is 1.05. The zero-order valence-corrected chi connectivity index (χ0v) is 6.67. The van der Waals surface area contributed by atoms with E-state index in [0.717, 1.165) is 12.1 Å². The van der Waals surface area contributed by atoms with E-state index in [2.05, 4.69) is 11.6 Å². The van der Waals surface area contributed by atoms with E-state index in [-0.39, 0.29) is 12.5 Å². The van der Waals surface area contributed by atoms with Crippen molar-refractivity contribution >= 4 is 5.71 Å². The third-order valence-electron chi connectivity index (χ3n) is 1.51. The lowest BCUT2D eigenvalue weighted by Gasteiger charge is -2.06. The predicted molar refractivity (Wildman–Crippen MR) is 44.4 cm³/mol. The van der Waals surface area contributed by atoms with Crippen molar-refractivity contribution in [2.75, 3.05) is 13.7 Å². The molecule has 0 aromatic carbocycles. The molecule has 2 heteroatoms. The molecule has 1 N–H and O–H groups in total. The van der Waals surface area contributed by atoms with Crippen molar-refractivity contribution < 1.29 is 5.11 Å². The Hall–Kier alpha value is -0.630. The lowest BCUT2D eigenvalue weighted by Crippen LogP contribution is -2.07. The number of rotatable bonds is 4. The summed E-state index contributed by atoms with van der Waals surface area (Å²) in [5, 5.41) is 8.74. The Morgan fingerprint density at radius 3 is 2.70 bits per heavy atom. The fourth-order valence-corrected chi connectivity index (χ4v) is 0.693. The van der Waals surface area contributed by atoms with Crippen LogP contribution >= 0.6 is 0 Å². The van der Waals surface area contributed by atoms with Gasteiger partial charge in [0.25, 0.3) is 0 Å². The molecule has 58 valence electrons. The zero-order chi connectivity index (χ0) is 7.98. The first-order valence-electron chi connectivity index (χ1n) is 3.40. The van der Waals surface area contributed by atoms with Crippen LogP contribution in [-0.4, -0.2) is 24.5 Å². The number of nitrogens with zero attached hydrogens (tertiary/aromatic N) is 1. The molecule has 0 aliphatic heterocycles. The monoisotopic (exact) mass is 141 g/mol. The molecule has 0 bridgehead atoms. The molecular weight excluding hydrogens is 126 g/mol. The molecule has 0 aromatic rings. The number of hydrogen-bond acceptors (Lipinski definition) is 2. The second-order valence-electron chi connectivity index (χ2n) is 2.34. The SMILES string of the molecule is C=CC(CO)CC(C)=NC. The quantitative estimate of drug-likeness (QED) is 0.464. The fraction of sp³-hybridized carbons (Fsp3) is 0.625. The molecule has 0 amide bonds. The molecule has 0 fully saturated rings. The Bertz CT molecular complexity index is 129. The Morgan fingerprint density at radius 2 is 2.40 bits per heavy atom. The summed E-state index contributed by atoms with van der Waals surface area (Å²) < 4.78 is 0. The van der Waals surface area contributed by atoms with Crippen molar-refractivity contribution in [2.45, 2.75) is 13.3 Å². The van der Waals surface area contributed by atoms with Crippen LogP contribution in [0.25, 0.3) is 0 Å². The van der Waals surface area contributed by atoms with E-state index >= 15 is 0 Å². The Labute approximate surface area is 62.3 Å². The Kier molecular flexibility index (Phi) is 4.85. The van der Waals surface area contributed by atoms with E-state index in [1.165, 1.54) is 0 Å². The Balaban J connectivity index is 3.74. The van der Waals surface area contributed by atoms with Gasteiger partial charge in [0.2, 0.25) is 0 Å². The normalized spacial score (nSPS) is 14.9. The molecule has 2 nitrogen and oxygen atoms in total. The molecule has 0 saturated heterocycles. The van der Waals surface area contributed by atoms with Gasteiger partial charge in [0, 0.05) is 25.3 Å². The van der Waals surface area contributed by atoms with Crippen LogP contribution < -0.4 is 0 Å². The third kappa shape index (κ3) is 3.41. The van der Waals surface area contributed by atoms with Gasteiger partial charge in [-0.2, -0.15) is 0 Å². The second kappa shape index (κ2) is 5.18. The summed E-state index contributed by atoms with van der Waals surface area (Å²) in [5.74, 6) is 0.170. The van der Waals surface area contributed by atoms with Gasteiger partial charge in [0.15, 0.2) is 0 Å². The highest BCUT2D eigenvalue weighted by Gasteiger charge is 2.02. The number of hydrogen-bond donors (Lipinski definition) is 1. The van der Waals surface area contributed by atoms with E-state index in [4.69, 9.17) is 5.11 Å². The second-order valence-corrected chi connectivity index (χ2v) is 2.34. The van der Waals surface area contributed by atoms with Gasteiger partial charge >= 0.3 is 0 Å². The predicted octanol–water partition coefficient (Wildman–Crippen LogP) is 1.26. The molecule has 1 unspecified atom stereocenters. The van der Waals surface area contributed by atoms with E-state index in [1.807, 2.05) is 6.92 Å². The maximum absolute atomic E-state index is 8.74. The first kappa shape index (κ1) is 9.37. The fourth-order valence-electron chi connectivity index (χ4n) is 0.693. The van der Waals surface area contributed by atoms with E-state index < -0.39 is 0 Å². The van der Waals surface area contributed by atoms with Crippen LogP contribution in [-0.2, 0) is 0 Å². The molecule has 0 spiro atoms. The zero-order valence-electron chi connectivity index (χ0n) is 6.67. The van der Waals surface area contributed by atoms with Crippen LogP contribution in [0, 0.1) is 5.92 Å². The van der Waals surface area contributed by atoms with Crippen molar-refractivity contribution in [3.05, 3.63) is 12.7 Å². The molecule has 1 atom stereocenters. The van der Waals surface area contributed by atoms with Gasteiger partial charge < -0.3 is 5.11 Å². The largest absolute Gasteiger partial charge is 0.396 e. The lowest BCUT2D eigenvalue weighted by molar-refractivity contribution is 0.256. The van der Waals surface area contributed by atoms with Crippen LogP contribution in [0.5, 0.6) is 0 Å². The van der Waals surface area contributed by atoms with Crippen molar-refractivity contribution in [2.24, 2.45) is 10.9 Å². The van der Waals surface area contributed by atoms with Gasteiger partial charge in [-0.15, -0.1) is 6.58 Å². The standard InChI is InChI=1S/C8H15NO/c1-4-8(6-10)5-7(2)9-3/h4,8,10H,1,5-6H2,2-3H3. The highest BCUT2D eigenvalue weighted by molar-refractivity contribution is 5.82. The van der Waals surface area contributed by atoms with Crippen LogP contribution in [0.4, 0.5) is 0 Å². The van der Waals surface area contributed by atoms with E-state index in [9.17, 15) is 0 Å². The summed E-state index contributed by atoms with van der Waals surface area (Å²) in [6, 6.07) is 0. The van der Waals surface area contributed by atoms with Gasteiger partial charge in [-0.25, -0.2) is 0 Å². The summed E-state index contributed by atoms with van der Waals surface area (Å²) >= 11 is 0. The highest BCUT2D eigenvalue weighted by atomic mass is 16.3. The van der Waals surface area contributed by atoms with Gasteiger partial charge in [-0.3, -0.25) is 4.99 Å². The molecule has 10 heavy (non-hydrogen) atoms.